The Kier molecular flexibility index (Phi) is 29.4. The minimum absolute atomic E-state index is 0.0220. The minimum Gasteiger partial charge on any atom is -0.469 e. The maximum absolute atomic E-state index is 14.5. The highest BCUT2D eigenvalue weighted by atomic mass is 28.4. The fourth-order valence-corrected chi connectivity index (χ4v) is 18.4. The van der Waals surface area contributed by atoms with E-state index in [2.05, 4.69) is 196 Å². The van der Waals surface area contributed by atoms with E-state index in [1.54, 1.807) is 31.4 Å². The standard InChI is InChI=1S/C77H136O15Si5/c1-32-36-61-68(88-72(80)54-37-34-33-35-38-54)70(91-96(28,29)76(14,15)16)71(92-97(30,31)77(17,18)19)69(87-61)62(90-95(26,27)75(11,12)13)43-40-55(78)39-41-56-46-52(3)60(84-56)44-42-57-45-51(2)53(4)63(85-57)49-64-59(48-66(79)81-20)67(82-21)65(86-64)47-58(89-94(24,25)74(8,9)10)50-83-93(22,23)73(5,6)7/h32-35,37-38,40,43,51,56-65,67-71H,1,3-4,36,39,41-42,44-50H2,2,5-31H3/b43-40+/t51-,56+,57+,58?,59+,60+,61?,62+,63-,64+,65-,67-,68?,69?,70?,71?/m1/s1. The average Bonchev–Trinajstić information content (AvgIpc) is 1.13. The molecule has 0 saturated carbocycles. The molecule has 4 aliphatic rings. The van der Waals surface area contributed by atoms with Gasteiger partial charge in [-0.3, -0.25) is 9.59 Å². The Bertz CT molecular complexity index is 2800. The fraction of sp³-hybridized carbons (Fsp3) is 0.779. The van der Waals surface area contributed by atoms with Crippen LogP contribution in [0, 0.1) is 11.8 Å². The molecule has 4 saturated heterocycles. The molecule has 16 atom stereocenters. The second-order valence-corrected chi connectivity index (χ2v) is 60.2. The number of carbonyl (C=O) groups excluding carboxylic acids is 3. The van der Waals surface area contributed by atoms with Gasteiger partial charge in [-0.05, 0) is 164 Å². The Hall–Kier alpha value is -2.53. The van der Waals surface area contributed by atoms with E-state index in [1.165, 1.54) is 7.11 Å². The third-order valence-electron chi connectivity index (χ3n) is 23.8. The van der Waals surface area contributed by atoms with E-state index in [-0.39, 0.29) is 104 Å². The molecule has 5 rings (SSSR count). The van der Waals surface area contributed by atoms with E-state index in [4.69, 9.17) is 55.3 Å². The van der Waals surface area contributed by atoms with Crippen LogP contribution < -0.4 is 0 Å². The number of benzene rings is 1. The van der Waals surface area contributed by atoms with Gasteiger partial charge < -0.3 is 55.3 Å². The van der Waals surface area contributed by atoms with Gasteiger partial charge in [0, 0.05) is 32.3 Å². The van der Waals surface area contributed by atoms with Crippen molar-refractivity contribution in [2.45, 2.75) is 351 Å². The zero-order chi connectivity index (χ0) is 73.6. The highest BCUT2D eigenvalue weighted by Crippen LogP contribution is 2.49. The highest BCUT2D eigenvalue weighted by molar-refractivity contribution is 6.76. The van der Waals surface area contributed by atoms with Gasteiger partial charge in [-0.15, -0.1) is 6.58 Å². The lowest BCUT2D eigenvalue weighted by molar-refractivity contribution is -0.227. The van der Waals surface area contributed by atoms with Crippen LogP contribution in [0.4, 0.5) is 0 Å². The third kappa shape index (κ3) is 22.5. The van der Waals surface area contributed by atoms with Crippen LogP contribution in [0.15, 0.2) is 79.4 Å². The molecule has 1 aromatic rings. The number of carbonyl (C=O) groups is 3. The topological polar surface area (TPSA) is 162 Å². The summed E-state index contributed by atoms with van der Waals surface area (Å²) in [5, 5.41) is -0.642. The van der Waals surface area contributed by atoms with Crippen LogP contribution in [0.3, 0.4) is 0 Å². The van der Waals surface area contributed by atoms with Crippen molar-refractivity contribution >= 4 is 59.3 Å². The van der Waals surface area contributed by atoms with Gasteiger partial charge in [0.1, 0.15) is 24.4 Å². The van der Waals surface area contributed by atoms with Crippen LogP contribution in [-0.4, -0.2) is 166 Å². The lowest BCUT2D eigenvalue weighted by atomic mass is 9.82. The normalized spacial score (nSPS) is 28.5. The Morgan fingerprint density at radius 3 is 1.70 bits per heavy atom. The Morgan fingerprint density at radius 1 is 0.619 bits per heavy atom. The van der Waals surface area contributed by atoms with E-state index in [1.807, 2.05) is 24.3 Å². The van der Waals surface area contributed by atoms with Gasteiger partial charge in [0.05, 0.1) is 80.6 Å². The molecule has 1 aromatic carbocycles. The Balaban J connectivity index is 1.36. The lowest BCUT2D eigenvalue weighted by Crippen LogP contribution is -2.68. The summed E-state index contributed by atoms with van der Waals surface area (Å²) in [6, 6.07) is 9.04. The quantitative estimate of drug-likeness (QED) is 0.0298. The first kappa shape index (κ1) is 85.1. The predicted octanol–water partition coefficient (Wildman–Crippen LogP) is 18.6. The molecule has 97 heavy (non-hydrogen) atoms. The van der Waals surface area contributed by atoms with Crippen molar-refractivity contribution in [1.82, 2.24) is 0 Å². The number of hydrogen-bond acceptors (Lipinski definition) is 15. The van der Waals surface area contributed by atoms with Crippen LogP contribution in [-0.2, 0) is 64.9 Å². The van der Waals surface area contributed by atoms with Crippen LogP contribution in [0.5, 0.6) is 0 Å². The average molecular weight is 1440 g/mol. The monoisotopic (exact) mass is 1440 g/mol. The molecule has 0 bridgehead atoms. The Labute approximate surface area is 594 Å². The number of ketones is 1. The molecule has 6 unspecified atom stereocenters. The van der Waals surface area contributed by atoms with Crippen molar-refractivity contribution < 1.29 is 69.7 Å². The number of allylic oxidation sites excluding steroid dienone is 1. The van der Waals surface area contributed by atoms with E-state index >= 15 is 0 Å². The maximum atomic E-state index is 14.5. The molecule has 20 heteroatoms. The zero-order valence-electron chi connectivity index (χ0n) is 65.9. The second-order valence-electron chi connectivity index (χ2n) is 36.3. The SMILES string of the molecule is C=CCC1OC([C@H](/C=C/C(=O)CC[C@H]2CC(=C)[C@H](CC[C@H]3C[C@@H](C)C(=C)[C@@H](C[C@@H]4O[C@H](CC(CO[Si](C)(C)C(C)(C)C)O[Si](C)(C)C(C)(C)C)[C@H](OC)[C@H]4CC(=O)OC)O3)O2)O[Si](C)(C)C(C)(C)C)C(O[Si](C)(C)C(C)(C)C)C(O[Si](C)(C)C(C)(C)C)C1OC(=O)c1ccccc1. The van der Waals surface area contributed by atoms with E-state index in [9.17, 15) is 14.4 Å². The summed E-state index contributed by atoms with van der Waals surface area (Å²) in [7, 11) is -9.17. The van der Waals surface area contributed by atoms with Crippen molar-refractivity contribution in [3.63, 3.8) is 0 Å². The number of hydrogen-bond donors (Lipinski definition) is 0. The molecule has 0 spiro atoms. The molecule has 4 fully saturated rings. The summed E-state index contributed by atoms with van der Waals surface area (Å²) in [6.07, 6.45) is 3.94. The summed E-state index contributed by atoms with van der Waals surface area (Å²) in [5.74, 6) is -0.943. The number of rotatable bonds is 31. The molecule has 0 aromatic heterocycles. The van der Waals surface area contributed by atoms with Crippen LogP contribution in [0.25, 0.3) is 0 Å². The molecule has 0 aliphatic carbocycles. The minimum atomic E-state index is -2.66. The largest absolute Gasteiger partial charge is 0.469 e. The second kappa shape index (κ2) is 33.5. The van der Waals surface area contributed by atoms with E-state index in [0.29, 0.717) is 44.3 Å². The molecule has 4 heterocycles. The number of methoxy groups -OCH3 is 2. The molecule has 0 N–H and O–H groups in total. The smallest absolute Gasteiger partial charge is 0.338 e. The van der Waals surface area contributed by atoms with E-state index in [0.717, 1.165) is 30.4 Å². The van der Waals surface area contributed by atoms with Gasteiger partial charge in [0.25, 0.3) is 0 Å². The fourth-order valence-electron chi connectivity index (χ4n) is 12.2. The molecule has 0 amide bonds. The lowest BCUT2D eigenvalue weighted by Gasteiger charge is -2.54. The zero-order valence-corrected chi connectivity index (χ0v) is 70.9. The molecular weight excluding hydrogens is 1310 g/mol. The predicted molar refractivity (Wildman–Crippen MR) is 406 cm³/mol. The first-order valence-electron chi connectivity index (χ1n) is 36.3. The van der Waals surface area contributed by atoms with Crippen LogP contribution in [0.2, 0.25) is 90.7 Å². The van der Waals surface area contributed by atoms with Crippen molar-refractivity contribution in [3.05, 3.63) is 85.0 Å². The summed E-state index contributed by atoms with van der Waals surface area (Å²) >= 11 is 0. The summed E-state index contributed by atoms with van der Waals surface area (Å²) in [4.78, 5) is 41.9. The highest BCUT2D eigenvalue weighted by Gasteiger charge is 2.58. The third-order valence-corrected chi connectivity index (χ3v) is 46.2. The van der Waals surface area contributed by atoms with Gasteiger partial charge >= 0.3 is 11.9 Å². The molecule has 4 aliphatic heterocycles. The summed E-state index contributed by atoms with van der Waals surface area (Å²) in [5.41, 5.74) is 2.47. The first-order chi connectivity index (χ1) is 44.3. The molecule has 15 nitrogen and oxygen atoms in total. The van der Waals surface area contributed by atoms with Gasteiger partial charge in [0.15, 0.2) is 53.5 Å². The van der Waals surface area contributed by atoms with Gasteiger partial charge in [0.2, 0.25) is 0 Å². The molecular formula is C77H136O15Si5. The number of ether oxygens (including phenoxy) is 7. The summed E-state index contributed by atoms with van der Waals surface area (Å²) in [6.45, 7) is 71.7. The summed E-state index contributed by atoms with van der Waals surface area (Å²) < 4.78 is 83.2. The van der Waals surface area contributed by atoms with E-state index < -0.39 is 90.3 Å². The van der Waals surface area contributed by atoms with Crippen molar-refractivity contribution in [1.29, 1.82) is 0 Å². The maximum Gasteiger partial charge on any atom is 0.338 e. The van der Waals surface area contributed by atoms with Gasteiger partial charge in [-0.25, -0.2) is 4.79 Å². The van der Waals surface area contributed by atoms with Crippen LogP contribution in [0.1, 0.15) is 185 Å². The molecule has 0 radical (unpaired) electrons. The first-order valence-corrected chi connectivity index (χ1v) is 50.9. The Morgan fingerprint density at radius 2 is 1.16 bits per heavy atom. The van der Waals surface area contributed by atoms with Crippen molar-refractivity contribution in [2.75, 3.05) is 20.8 Å². The van der Waals surface area contributed by atoms with Crippen LogP contribution >= 0.6 is 0 Å². The number of esters is 2. The van der Waals surface area contributed by atoms with Crippen molar-refractivity contribution in [3.8, 4) is 0 Å². The van der Waals surface area contributed by atoms with Gasteiger partial charge in [-0.2, -0.15) is 0 Å². The van der Waals surface area contributed by atoms with Gasteiger partial charge in [-0.1, -0.05) is 154 Å². The molecule has 554 valence electrons. The van der Waals surface area contributed by atoms with Crippen molar-refractivity contribution in [2.24, 2.45) is 11.8 Å².